The van der Waals surface area contributed by atoms with Crippen LogP contribution in [-0.2, 0) is 0 Å². The van der Waals surface area contributed by atoms with Gasteiger partial charge in [-0.25, -0.2) is 0 Å². The van der Waals surface area contributed by atoms with Crippen molar-refractivity contribution in [1.82, 2.24) is 0 Å². The van der Waals surface area contributed by atoms with Crippen LogP contribution in [0.2, 0.25) is 0 Å². The predicted octanol–water partition coefficient (Wildman–Crippen LogP) is 3.11. The summed E-state index contributed by atoms with van der Waals surface area (Å²) in [6.45, 7) is 4.29. The Morgan fingerprint density at radius 1 is 1.53 bits per heavy atom. The zero-order valence-electron chi connectivity index (χ0n) is 9.79. The van der Waals surface area contributed by atoms with Gasteiger partial charge in [-0.3, -0.25) is 15.1 Å². The topological polar surface area (TPSA) is 55.5 Å². The summed E-state index contributed by atoms with van der Waals surface area (Å²) in [4.78, 5) is 14.9. The maximum absolute atomic E-state index is 10.7. The van der Waals surface area contributed by atoms with Crippen molar-refractivity contribution in [1.29, 1.82) is 0 Å². The fourth-order valence-corrected chi connectivity index (χ4v) is 2.93. The van der Waals surface area contributed by atoms with Gasteiger partial charge >= 0.3 is 0 Å². The highest BCUT2D eigenvalue weighted by Gasteiger charge is 2.22. The largest absolute Gasteiger partial charge is 0.273 e. The van der Waals surface area contributed by atoms with Gasteiger partial charge in [0.25, 0.3) is 5.69 Å². The summed E-state index contributed by atoms with van der Waals surface area (Å²) < 4.78 is 0. The molecule has 0 spiro atoms. The standard InChI is InChI=1S/C12H14N2O2S/c1-8(2)11-7-17-12(13-11)9-4-3-5-10(6-9)14(15)16/h3-6,8,11H,7H2,1-2H3. The maximum atomic E-state index is 10.7. The molecule has 0 saturated carbocycles. The monoisotopic (exact) mass is 250 g/mol. The zero-order chi connectivity index (χ0) is 12.4. The van der Waals surface area contributed by atoms with E-state index < -0.39 is 0 Å². The van der Waals surface area contributed by atoms with Crippen molar-refractivity contribution in [3.8, 4) is 0 Å². The van der Waals surface area contributed by atoms with E-state index in [-0.39, 0.29) is 10.6 Å². The van der Waals surface area contributed by atoms with E-state index in [1.54, 1.807) is 23.9 Å². The van der Waals surface area contributed by atoms with E-state index in [0.29, 0.717) is 12.0 Å². The second kappa shape index (κ2) is 4.87. The van der Waals surface area contributed by atoms with E-state index in [1.165, 1.54) is 6.07 Å². The number of hydrogen-bond donors (Lipinski definition) is 0. The molecule has 90 valence electrons. The number of nitro benzene ring substituents is 1. The van der Waals surface area contributed by atoms with E-state index in [0.717, 1.165) is 16.4 Å². The lowest BCUT2D eigenvalue weighted by Crippen LogP contribution is -2.11. The van der Waals surface area contributed by atoms with E-state index in [4.69, 9.17) is 0 Å². The molecule has 0 aliphatic carbocycles. The summed E-state index contributed by atoms with van der Waals surface area (Å²) in [6, 6.07) is 7.01. The Labute approximate surface area is 104 Å². The molecule has 1 heterocycles. The van der Waals surface area contributed by atoms with Gasteiger partial charge in [0, 0.05) is 23.4 Å². The van der Waals surface area contributed by atoms with Crippen molar-refractivity contribution >= 4 is 22.5 Å². The third-order valence-corrected chi connectivity index (χ3v) is 3.87. The Morgan fingerprint density at radius 3 is 2.88 bits per heavy atom. The molecule has 1 unspecified atom stereocenters. The van der Waals surface area contributed by atoms with E-state index in [2.05, 4.69) is 18.8 Å². The molecule has 0 N–H and O–H groups in total. The highest BCUT2D eigenvalue weighted by atomic mass is 32.2. The third-order valence-electron chi connectivity index (χ3n) is 2.75. The minimum absolute atomic E-state index is 0.124. The van der Waals surface area contributed by atoms with Crippen LogP contribution in [-0.4, -0.2) is 21.8 Å². The highest BCUT2D eigenvalue weighted by molar-refractivity contribution is 8.14. The molecular formula is C12H14N2O2S. The lowest BCUT2D eigenvalue weighted by molar-refractivity contribution is -0.384. The van der Waals surface area contributed by atoms with Crippen LogP contribution in [0.1, 0.15) is 19.4 Å². The molecule has 1 aliphatic rings. The summed E-state index contributed by atoms with van der Waals surface area (Å²) in [5, 5.41) is 11.6. The number of nitrogens with zero attached hydrogens (tertiary/aromatic N) is 2. The van der Waals surface area contributed by atoms with Crippen molar-refractivity contribution in [2.24, 2.45) is 10.9 Å². The summed E-state index contributed by atoms with van der Waals surface area (Å²) in [6.07, 6.45) is 0. The average molecular weight is 250 g/mol. The van der Waals surface area contributed by atoms with Gasteiger partial charge in [0.2, 0.25) is 0 Å². The van der Waals surface area contributed by atoms with Gasteiger partial charge in [-0.1, -0.05) is 26.0 Å². The maximum Gasteiger partial charge on any atom is 0.270 e. The molecule has 2 rings (SSSR count). The lowest BCUT2D eigenvalue weighted by atomic mass is 10.1. The van der Waals surface area contributed by atoms with E-state index in [1.807, 2.05) is 6.07 Å². The molecule has 5 heteroatoms. The normalized spacial score (nSPS) is 19.5. The smallest absolute Gasteiger partial charge is 0.270 e. The molecule has 1 aliphatic heterocycles. The van der Waals surface area contributed by atoms with Crippen molar-refractivity contribution < 1.29 is 4.92 Å². The lowest BCUT2D eigenvalue weighted by Gasteiger charge is -2.08. The fraction of sp³-hybridized carbons (Fsp3) is 0.417. The molecule has 1 aromatic carbocycles. The molecule has 0 radical (unpaired) electrons. The minimum atomic E-state index is -0.371. The van der Waals surface area contributed by atoms with Crippen molar-refractivity contribution in [3.05, 3.63) is 39.9 Å². The summed E-state index contributed by atoms with van der Waals surface area (Å²) in [7, 11) is 0. The van der Waals surface area contributed by atoms with Crippen LogP contribution >= 0.6 is 11.8 Å². The third kappa shape index (κ3) is 2.66. The van der Waals surface area contributed by atoms with Gasteiger partial charge < -0.3 is 0 Å². The Morgan fingerprint density at radius 2 is 2.29 bits per heavy atom. The van der Waals surface area contributed by atoms with Crippen molar-refractivity contribution in [2.75, 3.05) is 5.75 Å². The van der Waals surface area contributed by atoms with Crippen LogP contribution in [0.5, 0.6) is 0 Å². The van der Waals surface area contributed by atoms with Crippen molar-refractivity contribution in [2.45, 2.75) is 19.9 Å². The van der Waals surface area contributed by atoms with Gasteiger partial charge in [-0.15, -0.1) is 11.8 Å². The SMILES string of the molecule is CC(C)C1CSC(c2cccc([N+](=O)[O-])c2)=N1. The van der Waals surface area contributed by atoms with E-state index >= 15 is 0 Å². The predicted molar refractivity (Wildman–Crippen MR) is 70.7 cm³/mol. The molecular weight excluding hydrogens is 236 g/mol. The minimum Gasteiger partial charge on any atom is -0.273 e. The van der Waals surface area contributed by atoms with Gasteiger partial charge in [-0.2, -0.15) is 0 Å². The van der Waals surface area contributed by atoms with Crippen molar-refractivity contribution in [3.63, 3.8) is 0 Å². The van der Waals surface area contributed by atoms with Crippen LogP contribution in [0.25, 0.3) is 0 Å². The van der Waals surface area contributed by atoms with Crippen LogP contribution in [0, 0.1) is 16.0 Å². The Bertz CT molecular complexity index is 471. The van der Waals surface area contributed by atoms with Gasteiger partial charge in [0.15, 0.2) is 0 Å². The van der Waals surface area contributed by atoms with Gasteiger partial charge in [-0.05, 0) is 5.92 Å². The number of benzene rings is 1. The zero-order valence-corrected chi connectivity index (χ0v) is 10.6. The summed E-state index contributed by atoms with van der Waals surface area (Å²) in [5.41, 5.74) is 0.978. The molecule has 0 aromatic heterocycles. The Kier molecular flexibility index (Phi) is 3.47. The molecule has 0 amide bonds. The number of rotatable bonds is 3. The van der Waals surface area contributed by atoms with E-state index in [9.17, 15) is 10.1 Å². The van der Waals surface area contributed by atoms with Gasteiger partial charge in [0.1, 0.15) is 0 Å². The average Bonchev–Trinajstić information content (AvgIpc) is 2.78. The number of nitro groups is 1. The second-order valence-electron chi connectivity index (χ2n) is 4.36. The first-order valence-electron chi connectivity index (χ1n) is 5.53. The van der Waals surface area contributed by atoms with Crippen LogP contribution in [0.3, 0.4) is 0 Å². The molecule has 0 saturated heterocycles. The first kappa shape index (κ1) is 12.1. The summed E-state index contributed by atoms with van der Waals surface area (Å²) >= 11 is 1.68. The molecule has 17 heavy (non-hydrogen) atoms. The number of non-ortho nitro benzene ring substituents is 1. The van der Waals surface area contributed by atoms with Crippen LogP contribution < -0.4 is 0 Å². The molecule has 4 nitrogen and oxygen atoms in total. The Balaban J connectivity index is 2.26. The summed E-state index contributed by atoms with van der Waals surface area (Å²) in [5.74, 6) is 1.48. The highest BCUT2D eigenvalue weighted by Crippen LogP contribution is 2.28. The second-order valence-corrected chi connectivity index (χ2v) is 5.37. The Hall–Kier alpha value is -1.36. The number of aliphatic imine (C=N–C) groups is 1. The number of hydrogen-bond acceptors (Lipinski definition) is 4. The molecule has 1 aromatic rings. The molecule has 0 fully saturated rings. The van der Waals surface area contributed by atoms with Crippen LogP contribution in [0.15, 0.2) is 29.3 Å². The molecule has 1 atom stereocenters. The molecule has 0 bridgehead atoms. The quantitative estimate of drug-likeness (QED) is 0.611. The number of thioether (sulfide) groups is 1. The first-order valence-corrected chi connectivity index (χ1v) is 6.52. The fourth-order valence-electron chi connectivity index (χ4n) is 1.64. The van der Waals surface area contributed by atoms with Gasteiger partial charge in [0.05, 0.1) is 16.0 Å². The first-order chi connectivity index (χ1) is 8.08. The van der Waals surface area contributed by atoms with Crippen LogP contribution in [0.4, 0.5) is 5.69 Å².